The van der Waals surface area contributed by atoms with E-state index in [4.69, 9.17) is 4.74 Å². The Hall–Kier alpha value is -0.170. The quantitative estimate of drug-likeness (QED) is 0.624. The normalized spacial score (nSPS) is 22.3. The molecule has 0 amide bonds. The third-order valence-corrected chi connectivity index (χ3v) is 5.34. The lowest BCUT2D eigenvalue weighted by Crippen LogP contribution is -2.42. The van der Waals surface area contributed by atoms with Crippen molar-refractivity contribution in [2.45, 2.75) is 52.0 Å². The maximum atomic E-state index is 11.7. The van der Waals surface area contributed by atoms with E-state index in [0.717, 1.165) is 51.9 Å². The van der Waals surface area contributed by atoms with Crippen LogP contribution in [-0.2, 0) is 14.8 Å². The molecule has 0 aromatic rings. The zero-order valence-corrected chi connectivity index (χ0v) is 14.6. The summed E-state index contributed by atoms with van der Waals surface area (Å²) < 4.78 is 30.5. The van der Waals surface area contributed by atoms with Crippen LogP contribution in [0, 0.1) is 5.92 Å². The van der Waals surface area contributed by atoms with Gasteiger partial charge < -0.3 is 10.1 Å². The second-order valence-electron chi connectivity index (χ2n) is 6.00. The molecule has 0 bridgehead atoms. The van der Waals surface area contributed by atoms with Crippen molar-refractivity contribution in [1.29, 1.82) is 0 Å². The summed E-state index contributed by atoms with van der Waals surface area (Å²) in [4.78, 5) is 0. The zero-order valence-electron chi connectivity index (χ0n) is 13.8. The van der Waals surface area contributed by atoms with E-state index in [1.54, 1.807) is 4.31 Å². The predicted molar refractivity (Wildman–Crippen MR) is 86.9 cm³/mol. The van der Waals surface area contributed by atoms with Crippen LogP contribution in [0.4, 0.5) is 0 Å². The van der Waals surface area contributed by atoms with E-state index in [0.29, 0.717) is 25.0 Å². The summed E-state index contributed by atoms with van der Waals surface area (Å²) in [5, 5.41) is 3.58. The lowest BCUT2D eigenvalue weighted by molar-refractivity contribution is 0.130. The monoisotopic (exact) mass is 320 g/mol. The second-order valence-corrected chi connectivity index (χ2v) is 7.98. The van der Waals surface area contributed by atoms with Crippen LogP contribution in [0.3, 0.4) is 0 Å². The Kier molecular flexibility index (Phi) is 8.78. The number of hydrogen-bond donors (Lipinski definition) is 1. The van der Waals surface area contributed by atoms with Crippen molar-refractivity contribution >= 4 is 10.0 Å². The summed E-state index contributed by atoms with van der Waals surface area (Å²) in [7, 11) is -3.04. The third kappa shape index (κ3) is 7.58. The Bertz CT molecular complexity index is 373. The van der Waals surface area contributed by atoms with Crippen LogP contribution in [0.1, 0.15) is 46.0 Å². The Morgan fingerprint density at radius 3 is 2.76 bits per heavy atom. The Morgan fingerprint density at radius 2 is 2.14 bits per heavy atom. The van der Waals surface area contributed by atoms with Crippen LogP contribution in [0.25, 0.3) is 0 Å². The largest absolute Gasteiger partial charge is 0.382 e. The summed E-state index contributed by atoms with van der Waals surface area (Å²) in [6.07, 6.45) is 6.58. The van der Waals surface area contributed by atoms with Gasteiger partial charge in [-0.3, -0.25) is 0 Å². The molecule has 5 nitrogen and oxygen atoms in total. The van der Waals surface area contributed by atoms with Gasteiger partial charge in [-0.2, -0.15) is 0 Å². The topological polar surface area (TPSA) is 58.6 Å². The predicted octanol–water partition coefficient (Wildman–Crippen LogP) is 1.84. The van der Waals surface area contributed by atoms with Gasteiger partial charge in [0, 0.05) is 32.3 Å². The van der Waals surface area contributed by atoms with E-state index in [-0.39, 0.29) is 0 Å². The Balaban J connectivity index is 2.47. The maximum absolute atomic E-state index is 11.7. The van der Waals surface area contributed by atoms with Gasteiger partial charge in [0.2, 0.25) is 10.0 Å². The highest BCUT2D eigenvalue weighted by Crippen LogP contribution is 2.23. The van der Waals surface area contributed by atoms with Gasteiger partial charge in [0.25, 0.3) is 0 Å². The number of rotatable bonds is 10. The molecular weight excluding hydrogens is 288 g/mol. The molecule has 6 heteroatoms. The number of sulfonamides is 1. The van der Waals surface area contributed by atoms with E-state index in [9.17, 15) is 8.42 Å². The maximum Gasteiger partial charge on any atom is 0.211 e. The van der Waals surface area contributed by atoms with Crippen LogP contribution < -0.4 is 5.32 Å². The molecule has 1 N–H and O–H groups in total. The highest BCUT2D eigenvalue weighted by molar-refractivity contribution is 7.88. The van der Waals surface area contributed by atoms with Gasteiger partial charge in [-0.1, -0.05) is 6.92 Å². The minimum atomic E-state index is -3.04. The first kappa shape index (κ1) is 18.9. The fraction of sp³-hybridized carbons (Fsp3) is 1.00. The molecule has 1 saturated heterocycles. The van der Waals surface area contributed by atoms with Crippen LogP contribution >= 0.6 is 0 Å². The van der Waals surface area contributed by atoms with Gasteiger partial charge in [-0.15, -0.1) is 0 Å². The first-order chi connectivity index (χ1) is 9.97. The summed E-state index contributed by atoms with van der Waals surface area (Å²) in [6.45, 7) is 8.09. The van der Waals surface area contributed by atoms with E-state index in [2.05, 4.69) is 12.2 Å². The van der Waals surface area contributed by atoms with Crippen molar-refractivity contribution in [3.63, 3.8) is 0 Å². The highest BCUT2D eigenvalue weighted by Gasteiger charge is 2.27. The van der Waals surface area contributed by atoms with E-state index in [1.807, 2.05) is 6.92 Å². The average Bonchev–Trinajstić information content (AvgIpc) is 2.44. The van der Waals surface area contributed by atoms with Crippen molar-refractivity contribution in [3.05, 3.63) is 0 Å². The molecule has 1 aliphatic rings. The van der Waals surface area contributed by atoms with Gasteiger partial charge >= 0.3 is 0 Å². The minimum absolute atomic E-state index is 0.431. The van der Waals surface area contributed by atoms with Crippen molar-refractivity contribution < 1.29 is 13.2 Å². The van der Waals surface area contributed by atoms with E-state index >= 15 is 0 Å². The third-order valence-electron chi connectivity index (χ3n) is 4.07. The number of piperidine rings is 1. The molecule has 0 radical (unpaired) electrons. The number of nitrogens with one attached hydrogen (secondary N) is 1. The molecule has 0 saturated carbocycles. The van der Waals surface area contributed by atoms with Crippen molar-refractivity contribution in [2.24, 2.45) is 5.92 Å². The van der Waals surface area contributed by atoms with Crippen LogP contribution in [0.2, 0.25) is 0 Å². The molecule has 0 aliphatic carbocycles. The number of hydrogen-bond acceptors (Lipinski definition) is 4. The first-order valence-corrected chi connectivity index (χ1v) is 10.1. The summed E-state index contributed by atoms with van der Waals surface area (Å²) >= 11 is 0. The molecule has 1 fully saturated rings. The molecule has 2 unspecified atom stereocenters. The van der Waals surface area contributed by atoms with Gasteiger partial charge in [-0.05, 0) is 51.5 Å². The SMILES string of the molecule is CCCNC(CCOCC)CC1CCCN(S(C)(=O)=O)C1. The molecule has 1 rings (SSSR count). The van der Waals surface area contributed by atoms with E-state index < -0.39 is 10.0 Å². The summed E-state index contributed by atoms with van der Waals surface area (Å²) in [5.41, 5.74) is 0. The van der Waals surface area contributed by atoms with Crippen molar-refractivity contribution in [3.8, 4) is 0 Å². The first-order valence-electron chi connectivity index (χ1n) is 8.23. The lowest BCUT2D eigenvalue weighted by atomic mass is 9.91. The minimum Gasteiger partial charge on any atom is -0.382 e. The molecule has 1 heterocycles. The molecule has 0 aromatic heterocycles. The average molecular weight is 320 g/mol. The molecule has 0 aromatic carbocycles. The Morgan fingerprint density at radius 1 is 1.38 bits per heavy atom. The molecule has 0 spiro atoms. The smallest absolute Gasteiger partial charge is 0.211 e. The molecule has 21 heavy (non-hydrogen) atoms. The van der Waals surface area contributed by atoms with Crippen molar-refractivity contribution in [1.82, 2.24) is 9.62 Å². The van der Waals surface area contributed by atoms with Crippen LogP contribution in [-0.4, -0.2) is 57.9 Å². The highest BCUT2D eigenvalue weighted by atomic mass is 32.2. The number of ether oxygens (including phenoxy) is 1. The van der Waals surface area contributed by atoms with Crippen molar-refractivity contribution in [2.75, 3.05) is 39.1 Å². The van der Waals surface area contributed by atoms with Gasteiger partial charge in [-0.25, -0.2) is 12.7 Å². The zero-order chi connectivity index (χ0) is 15.7. The van der Waals surface area contributed by atoms with Gasteiger partial charge in [0.15, 0.2) is 0 Å². The molecular formula is C15H32N2O3S. The molecule has 1 aliphatic heterocycles. The second kappa shape index (κ2) is 9.77. The fourth-order valence-corrected chi connectivity index (χ4v) is 3.89. The fourth-order valence-electron chi connectivity index (χ4n) is 2.94. The van der Waals surface area contributed by atoms with Gasteiger partial charge in [0.05, 0.1) is 6.26 Å². The Labute approximate surface area is 130 Å². The van der Waals surface area contributed by atoms with Gasteiger partial charge in [0.1, 0.15) is 0 Å². The molecule has 2 atom stereocenters. The standard InChI is InChI=1S/C15H32N2O3S/c1-4-9-16-15(8-11-20-5-2)12-14-7-6-10-17(13-14)21(3,18)19/h14-16H,4-13H2,1-3H3. The lowest BCUT2D eigenvalue weighted by Gasteiger charge is -2.33. The summed E-state index contributed by atoms with van der Waals surface area (Å²) in [6, 6.07) is 0.431. The number of nitrogens with zero attached hydrogens (tertiary/aromatic N) is 1. The molecule has 126 valence electrons. The van der Waals surface area contributed by atoms with Crippen LogP contribution in [0.5, 0.6) is 0 Å². The summed E-state index contributed by atoms with van der Waals surface area (Å²) in [5.74, 6) is 0.462. The van der Waals surface area contributed by atoms with Crippen LogP contribution in [0.15, 0.2) is 0 Å². The van der Waals surface area contributed by atoms with E-state index in [1.165, 1.54) is 6.26 Å².